The van der Waals surface area contributed by atoms with E-state index in [9.17, 15) is 22.8 Å². The van der Waals surface area contributed by atoms with Crippen molar-refractivity contribution in [1.29, 1.82) is 0 Å². The number of halogens is 3. The molecule has 23 heavy (non-hydrogen) atoms. The summed E-state index contributed by atoms with van der Waals surface area (Å²) in [6.45, 7) is 1.03. The number of carboxylic acid groups (broad SMARTS) is 1. The Morgan fingerprint density at radius 3 is 2.26 bits per heavy atom. The van der Waals surface area contributed by atoms with Crippen LogP contribution in [0, 0.1) is 5.92 Å². The molecule has 3 atom stereocenters. The molecule has 1 aromatic rings. The summed E-state index contributed by atoms with van der Waals surface area (Å²) in [5, 5.41) is 11.6. The monoisotopic (exact) mass is 333 g/mol. The standard InChI is InChI=1S/C15H18F3NO4/c1-9(14(21)22)12(11-6-4-3-5-7-11)19-13(20)10(2)23-8-15(16,17)18/h3-7,9-10,12H,8H2,1-2H3,(H,19,20)(H,21,22)/t9-,10-,12-/m0/s1. The lowest BCUT2D eigenvalue weighted by molar-refractivity contribution is -0.185. The lowest BCUT2D eigenvalue weighted by Crippen LogP contribution is -2.42. The van der Waals surface area contributed by atoms with Crippen LogP contribution in [-0.4, -0.2) is 35.9 Å². The molecule has 2 N–H and O–H groups in total. The molecule has 1 rings (SSSR count). The summed E-state index contributed by atoms with van der Waals surface area (Å²) in [4.78, 5) is 23.2. The van der Waals surface area contributed by atoms with Crippen LogP contribution < -0.4 is 5.32 Å². The Hall–Kier alpha value is -2.09. The fourth-order valence-electron chi connectivity index (χ4n) is 1.87. The summed E-state index contributed by atoms with van der Waals surface area (Å²) in [6.07, 6.45) is -5.90. The van der Waals surface area contributed by atoms with Crippen molar-refractivity contribution in [3.05, 3.63) is 35.9 Å². The van der Waals surface area contributed by atoms with Gasteiger partial charge < -0.3 is 15.2 Å². The third kappa shape index (κ3) is 6.27. The summed E-state index contributed by atoms with van der Waals surface area (Å²) in [5.41, 5.74) is 0.541. The number of carboxylic acids is 1. The van der Waals surface area contributed by atoms with E-state index in [1.165, 1.54) is 13.8 Å². The van der Waals surface area contributed by atoms with Gasteiger partial charge in [-0.1, -0.05) is 30.3 Å². The molecule has 0 radical (unpaired) electrons. The molecule has 0 heterocycles. The minimum Gasteiger partial charge on any atom is -0.481 e. The second-order valence-electron chi connectivity index (χ2n) is 5.09. The minimum atomic E-state index is -4.54. The molecule has 128 valence electrons. The van der Waals surface area contributed by atoms with E-state index in [2.05, 4.69) is 10.1 Å². The molecule has 5 nitrogen and oxygen atoms in total. The molecule has 0 aliphatic rings. The Morgan fingerprint density at radius 2 is 1.78 bits per heavy atom. The van der Waals surface area contributed by atoms with E-state index < -0.39 is 42.7 Å². The zero-order chi connectivity index (χ0) is 17.6. The molecule has 0 aromatic heterocycles. The van der Waals surface area contributed by atoms with Gasteiger partial charge in [0.05, 0.1) is 12.0 Å². The van der Waals surface area contributed by atoms with E-state index in [-0.39, 0.29) is 0 Å². The first-order valence-electron chi connectivity index (χ1n) is 6.88. The van der Waals surface area contributed by atoms with Crippen LogP contribution in [0.2, 0.25) is 0 Å². The Labute approximate surface area is 131 Å². The molecule has 0 bridgehead atoms. The number of benzene rings is 1. The highest BCUT2D eigenvalue weighted by atomic mass is 19.4. The minimum absolute atomic E-state index is 0.541. The number of alkyl halides is 3. The van der Waals surface area contributed by atoms with E-state index in [1.54, 1.807) is 30.3 Å². The van der Waals surface area contributed by atoms with Gasteiger partial charge in [-0.25, -0.2) is 0 Å². The predicted octanol–water partition coefficient (Wildman–Crippen LogP) is 2.53. The van der Waals surface area contributed by atoms with Crippen molar-refractivity contribution < 1.29 is 32.6 Å². The van der Waals surface area contributed by atoms with Crippen LogP contribution in [0.25, 0.3) is 0 Å². The quantitative estimate of drug-likeness (QED) is 0.804. The zero-order valence-electron chi connectivity index (χ0n) is 12.6. The van der Waals surface area contributed by atoms with Crippen LogP contribution in [0.15, 0.2) is 30.3 Å². The second kappa shape index (κ2) is 7.96. The van der Waals surface area contributed by atoms with Crippen molar-refractivity contribution in [3.63, 3.8) is 0 Å². The van der Waals surface area contributed by atoms with Crippen LogP contribution in [0.5, 0.6) is 0 Å². The highest BCUT2D eigenvalue weighted by Gasteiger charge is 2.32. The van der Waals surface area contributed by atoms with Crippen LogP contribution in [0.4, 0.5) is 13.2 Å². The number of ether oxygens (including phenoxy) is 1. The van der Waals surface area contributed by atoms with Crippen molar-refractivity contribution in [1.82, 2.24) is 5.32 Å². The first-order chi connectivity index (χ1) is 10.6. The average molecular weight is 333 g/mol. The Bertz CT molecular complexity index is 533. The van der Waals surface area contributed by atoms with Gasteiger partial charge in [0.1, 0.15) is 12.7 Å². The number of hydrogen-bond acceptors (Lipinski definition) is 3. The van der Waals surface area contributed by atoms with Gasteiger partial charge in [0.25, 0.3) is 0 Å². The number of amides is 1. The number of carbonyl (C=O) groups excluding carboxylic acids is 1. The predicted molar refractivity (Wildman–Crippen MR) is 75.6 cm³/mol. The van der Waals surface area contributed by atoms with E-state index in [0.29, 0.717) is 5.56 Å². The Balaban J connectivity index is 2.81. The lowest BCUT2D eigenvalue weighted by atomic mass is 9.94. The fraction of sp³-hybridized carbons (Fsp3) is 0.467. The molecule has 0 aliphatic heterocycles. The Kier molecular flexibility index (Phi) is 6.56. The molecular formula is C15H18F3NO4. The van der Waals surface area contributed by atoms with Gasteiger partial charge in [-0.15, -0.1) is 0 Å². The van der Waals surface area contributed by atoms with Gasteiger partial charge in [-0.05, 0) is 19.4 Å². The molecule has 0 fully saturated rings. The fourth-order valence-corrected chi connectivity index (χ4v) is 1.87. The van der Waals surface area contributed by atoms with Crippen molar-refractivity contribution in [3.8, 4) is 0 Å². The summed E-state index contributed by atoms with van der Waals surface area (Å²) in [7, 11) is 0. The molecule has 0 saturated carbocycles. The molecule has 0 aliphatic carbocycles. The normalized spacial score (nSPS) is 15.5. The molecule has 0 saturated heterocycles. The van der Waals surface area contributed by atoms with E-state index in [4.69, 9.17) is 5.11 Å². The van der Waals surface area contributed by atoms with Crippen LogP contribution in [-0.2, 0) is 14.3 Å². The van der Waals surface area contributed by atoms with E-state index in [1.807, 2.05) is 0 Å². The summed E-state index contributed by atoms with van der Waals surface area (Å²) in [5.74, 6) is -2.91. The number of rotatable bonds is 7. The molecule has 0 unspecified atom stereocenters. The van der Waals surface area contributed by atoms with Gasteiger partial charge in [0.15, 0.2) is 0 Å². The van der Waals surface area contributed by atoms with Crippen molar-refractivity contribution >= 4 is 11.9 Å². The largest absolute Gasteiger partial charge is 0.481 e. The van der Waals surface area contributed by atoms with E-state index in [0.717, 1.165) is 0 Å². The molecule has 1 aromatic carbocycles. The molecule has 0 spiro atoms. The number of aliphatic carboxylic acids is 1. The molecule has 1 amide bonds. The maximum atomic E-state index is 12.1. The van der Waals surface area contributed by atoms with Crippen LogP contribution in [0.3, 0.4) is 0 Å². The average Bonchev–Trinajstić information content (AvgIpc) is 2.49. The Morgan fingerprint density at radius 1 is 1.22 bits per heavy atom. The van der Waals surface area contributed by atoms with Crippen molar-refractivity contribution in [2.45, 2.75) is 32.2 Å². The topological polar surface area (TPSA) is 75.6 Å². The second-order valence-corrected chi connectivity index (χ2v) is 5.09. The van der Waals surface area contributed by atoms with Crippen molar-refractivity contribution in [2.24, 2.45) is 5.92 Å². The van der Waals surface area contributed by atoms with Crippen molar-refractivity contribution in [2.75, 3.05) is 6.61 Å². The third-order valence-electron chi connectivity index (χ3n) is 3.21. The van der Waals surface area contributed by atoms with Crippen LogP contribution >= 0.6 is 0 Å². The third-order valence-corrected chi connectivity index (χ3v) is 3.21. The smallest absolute Gasteiger partial charge is 0.411 e. The summed E-state index contributed by atoms with van der Waals surface area (Å²) in [6, 6.07) is 7.46. The zero-order valence-corrected chi connectivity index (χ0v) is 12.6. The number of carbonyl (C=O) groups is 2. The SMILES string of the molecule is C[C@H](OCC(F)(F)F)C(=O)N[C@H](c1ccccc1)[C@H](C)C(=O)O. The first-order valence-corrected chi connectivity index (χ1v) is 6.88. The molecular weight excluding hydrogens is 315 g/mol. The summed E-state index contributed by atoms with van der Waals surface area (Å²) >= 11 is 0. The van der Waals surface area contributed by atoms with Gasteiger partial charge >= 0.3 is 12.1 Å². The van der Waals surface area contributed by atoms with Gasteiger partial charge in [-0.3, -0.25) is 9.59 Å². The molecule has 8 heteroatoms. The summed E-state index contributed by atoms with van der Waals surface area (Å²) < 4.78 is 40.8. The first kappa shape index (κ1) is 19.0. The lowest BCUT2D eigenvalue weighted by Gasteiger charge is -2.25. The van der Waals surface area contributed by atoms with Crippen LogP contribution in [0.1, 0.15) is 25.5 Å². The maximum Gasteiger partial charge on any atom is 0.411 e. The van der Waals surface area contributed by atoms with Gasteiger partial charge in [0, 0.05) is 0 Å². The highest BCUT2D eigenvalue weighted by molar-refractivity contribution is 5.82. The maximum absolute atomic E-state index is 12.1. The highest BCUT2D eigenvalue weighted by Crippen LogP contribution is 2.23. The number of nitrogens with one attached hydrogen (secondary N) is 1. The number of hydrogen-bond donors (Lipinski definition) is 2. The van der Waals surface area contributed by atoms with Gasteiger partial charge in [-0.2, -0.15) is 13.2 Å². The van der Waals surface area contributed by atoms with Gasteiger partial charge in [0.2, 0.25) is 5.91 Å². The van der Waals surface area contributed by atoms with E-state index >= 15 is 0 Å².